The van der Waals surface area contributed by atoms with Gasteiger partial charge in [-0.1, -0.05) is 12.1 Å². The molecule has 4 N–H and O–H groups in total. The highest BCUT2D eigenvalue weighted by molar-refractivity contribution is 5.78. The fourth-order valence-electron chi connectivity index (χ4n) is 3.14. The van der Waals surface area contributed by atoms with Gasteiger partial charge in [-0.15, -0.1) is 0 Å². The maximum atomic E-state index is 12.2. The van der Waals surface area contributed by atoms with Crippen LogP contribution in [0.15, 0.2) is 24.3 Å². The molecule has 2 amide bonds. The van der Waals surface area contributed by atoms with Gasteiger partial charge in [0.1, 0.15) is 5.75 Å². The molecule has 8 nitrogen and oxygen atoms in total. The minimum Gasteiger partial charge on any atom is -0.484 e. The maximum absolute atomic E-state index is 12.2. The molecule has 0 aliphatic carbocycles. The van der Waals surface area contributed by atoms with E-state index in [1.165, 1.54) is 0 Å². The first-order valence-electron chi connectivity index (χ1n) is 9.24. The van der Waals surface area contributed by atoms with Crippen molar-refractivity contribution in [1.82, 2.24) is 15.1 Å². The first kappa shape index (κ1) is 21.1. The number of hydrogen-bond donors (Lipinski definition) is 3. The molecule has 27 heavy (non-hydrogen) atoms. The smallest absolute Gasteiger partial charge is 0.255 e. The number of amides is 2. The van der Waals surface area contributed by atoms with Gasteiger partial charge >= 0.3 is 0 Å². The average Bonchev–Trinajstić information content (AvgIpc) is 2.61. The van der Waals surface area contributed by atoms with E-state index < -0.39 is 5.91 Å². The van der Waals surface area contributed by atoms with E-state index in [4.69, 9.17) is 10.5 Å². The molecule has 0 bridgehead atoms. The number of aliphatic hydroxyl groups excluding tert-OH is 1. The van der Waals surface area contributed by atoms with E-state index in [0.717, 1.165) is 25.2 Å². The Kier molecular flexibility index (Phi) is 8.02. The Morgan fingerprint density at radius 2 is 2.04 bits per heavy atom. The zero-order valence-corrected chi connectivity index (χ0v) is 16.1. The van der Waals surface area contributed by atoms with Gasteiger partial charge < -0.3 is 20.9 Å². The second-order valence-corrected chi connectivity index (χ2v) is 7.10. The van der Waals surface area contributed by atoms with Crippen molar-refractivity contribution in [3.05, 3.63) is 29.8 Å². The normalized spacial score (nSPS) is 19.4. The van der Waals surface area contributed by atoms with Crippen LogP contribution in [0.5, 0.6) is 5.75 Å². The predicted molar refractivity (Wildman–Crippen MR) is 102 cm³/mol. The number of hydrogen-bond acceptors (Lipinski definition) is 6. The number of rotatable bonds is 9. The van der Waals surface area contributed by atoms with Gasteiger partial charge in [-0.25, -0.2) is 0 Å². The third kappa shape index (κ3) is 7.54. The molecule has 1 heterocycles. The molecule has 1 aromatic rings. The van der Waals surface area contributed by atoms with Crippen molar-refractivity contribution in [2.75, 3.05) is 39.3 Å². The largest absolute Gasteiger partial charge is 0.484 e. The maximum Gasteiger partial charge on any atom is 0.255 e. The number of nitrogens with two attached hydrogens (primary N) is 1. The van der Waals surface area contributed by atoms with Crippen LogP contribution < -0.4 is 15.8 Å². The van der Waals surface area contributed by atoms with Gasteiger partial charge in [0.25, 0.3) is 5.91 Å². The molecule has 2 atom stereocenters. The molecule has 150 valence electrons. The average molecular weight is 378 g/mol. The molecule has 1 aliphatic rings. The van der Waals surface area contributed by atoms with Crippen LogP contribution in [-0.2, 0) is 16.1 Å². The Balaban J connectivity index is 1.71. The molecule has 1 aliphatic heterocycles. The highest BCUT2D eigenvalue weighted by Gasteiger charge is 2.25. The SMILES string of the molecule is C[C@H](O)CN1CCN(CC(=O)NCc2ccc(OCC(N)=O)cc2)C[C@@H]1C. The number of carbonyl (C=O) groups excluding carboxylic acids is 2. The van der Waals surface area contributed by atoms with Crippen LogP contribution in [0.1, 0.15) is 19.4 Å². The summed E-state index contributed by atoms with van der Waals surface area (Å²) in [6, 6.07) is 7.48. The Bertz CT molecular complexity index is 621. The summed E-state index contributed by atoms with van der Waals surface area (Å²) in [5.41, 5.74) is 5.99. The number of benzene rings is 1. The summed E-state index contributed by atoms with van der Waals surface area (Å²) < 4.78 is 5.20. The lowest BCUT2D eigenvalue weighted by molar-refractivity contribution is -0.123. The Hall–Kier alpha value is -2.16. The number of piperazine rings is 1. The molecule has 2 rings (SSSR count). The van der Waals surface area contributed by atoms with Gasteiger partial charge in [-0.3, -0.25) is 19.4 Å². The highest BCUT2D eigenvalue weighted by atomic mass is 16.5. The van der Waals surface area contributed by atoms with E-state index >= 15 is 0 Å². The second kappa shape index (κ2) is 10.2. The molecule has 1 aromatic carbocycles. The lowest BCUT2D eigenvalue weighted by Crippen LogP contribution is -2.55. The molecule has 8 heteroatoms. The van der Waals surface area contributed by atoms with Crippen molar-refractivity contribution < 1.29 is 19.4 Å². The summed E-state index contributed by atoms with van der Waals surface area (Å²) >= 11 is 0. The van der Waals surface area contributed by atoms with Gasteiger partial charge in [0, 0.05) is 38.8 Å². The first-order chi connectivity index (χ1) is 12.8. The minimum absolute atomic E-state index is 0.0137. The molecular weight excluding hydrogens is 348 g/mol. The topological polar surface area (TPSA) is 108 Å². The molecule has 0 aromatic heterocycles. The van der Waals surface area contributed by atoms with Crippen molar-refractivity contribution in [3.63, 3.8) is 0 Å². The van der Waals surface area contributed by atoms with E-state index in [2.05, 4.69) is 22.0 Å². The monoisotopic (exact) mass is 378 g/mol. The molecular formula is C19H30N4O4. The summed E-state index contributed by atoms with van der Waals surface area (Å²) in [5.74, 6) is 0.0283. The minimum atomic E-state index is -0.521. The van der Waals surface area contributed by atoms with Gasteiger partial charge in [0.05, 0.1) is 12.6 Å². The van der Waals surface area contributed by atoms with Crippen LogP contribution in [-0.4, -0.2) is 78.2 Å². The molecule has 0 spiro atoms. The third-order valence-corrected chi connectivity index (χ3v) is 4.51. The first-order valence-corrected chi connectivity index (χ1v) is 9.24. The number of nitrogens with zero attached hydrogens (tertiary/aromatic N) is 2. The van der Waals surface area contributed by atoms with Crippen LogP contribution in [0, 0.1) is 0 Å². The van der Waals surface area contributed by atoms with Crippen molar-refractivity contribution in [1.29, 1.82) is 0 Å². The van der Waals surface area contributed by atoms with Gasteiger partial charge in [0.15, 0.2) is 6.61 Å². The van der Waals surface area contributed by atoms with E-state index in [1.54, 1.807) is 19.1 Å². The van der Waals surface area contributed by atoms with Gasteiger partial charge in [-0.2, -0.15) is 0 Å². The van der Waals surface area contributed by atoms with E-state index in [1.807, 2.05) is 12.1 Å². The standard InChI is InChI=1S/C19H30N4O4/c1-14-10-22(7-8-23(14)11-15(2)24)12-19(26)21-9-16-3-5-17(6-4-16)27-13-18(20)25/h3-6,14-15,24H,7-13H2,1-2H3,(H2,20,25)(H,21,26)/t14-,15-/m0/s1. The third-order valence-electron chi connectivity index (χ3n) is 4.51. The molecule has 1 fully saturated rings. The molecule has 1 saturated heterocycles. The summed E-state index contributed by atoms with van der Waals surface area (Å²) in [5, 5.41) is 12.5. The summed E-state index contributed by atoms with van der Waals surface area (Å²) in [4.78, 5) is 27.3. The van der Waals surface area contributed by atoms with Crippen LogP contribution in [0.3, 0.4) is 0 Å². The molecule has 0 radical (unpaired) electrons. The number of ether oxygens (including phenoxy) is 1. The fourth-order valence-corrected chi connectivity index (χ4v) is 3.14. The number of nitrogens with one attached hydrogen (secondary N) is 1. The lowest BCUT2D eigenvalue weighted by atomic mass is 10.1. The molecule has 0 saturated carbocycles. The highest BCUT2D eigenvalue weighted by Crippen LogP contribution is 2.12. The lowest BCUT2D eigenvalue weighted by Gasteiger charge is -2.40. The summed E-state index contributed by atoms with van der Waals surface area (Å²) in [6.45, 7) is 7.71. The summed E-state index contributed by atoms with van der Waals surface area (Å²) in [7, 11) is 0. The Morgan fingerprint density at radius 1 is 1.33 bits per heavy atom. The van der Waals surface area contributed by atoms with Crippen molar-refractivity contribution in [2.45, 2.75) is 32.5 Å². The quantitative estimate of drug-likeness (QED) is 0.537. The van der Waals surface area contributed by atoms with E-state index in [-0.39, 0.29) is 18.6 Å². The van der Waals surface area contributed by atoms with Crippen LogP contribution >= 0.6 is 0 Å². The van der Waals surface area contributed by atoms with E-state index in [9.17, 15) is 14.7 Å². The van der Waals surface area contributed by atoms with Crippen molar-refractivity contribution >= 4 is 11.8 Å². The van der Waals surface area contributed by atoms with Crippen LogP contribution in [0.2, 0.25) is 0 Å². The zero-order valence-electron chi connectivity index (χ0n) is 16.1. The van der Waals surface area contributed by atoms with E-state index in [0.29, 0.717) is 31.4 Å². The van der Waals surface area contributed by atoms with Crippen molar-refractivity contribution in [3.8, 4) is 5.75 Å². The number of β-amino-alcohol motifs (C(OH)–C–C–N with tert-alkyl or cyclic N) is 1. The van der Waals surface area contributed by atoms with Crippen LogP contribution in [0.25, 0.3) is 0 Å². The van der Waals surface area contributed by atoms with Crippen LogP contribution in [0.4, 0.5) is 0 Å². The number of aliphatic hydroxyl groups is 1. The Morgan fingerprint density at radius 3 is 2.63 bits per heavy atom. The molecule has 0 unspecified atom stereocenters. The zero-order chi connectivity index (χ0) is 19.8. The fraction of sp³-hybridized carbons (Fsp3) is 0.579. The van der Waals surface area contributed by atoms with Gasteiger partial charge in [-0.05, 0) is 31.5 Å². The Labute approximate surface area is 160 Å². The van der Waals surface area contributed by atoms with Crippen molar-refractivity contribution in [2.24, 2.45) is 5.73 Å². The summed E-state index contributed by atoms with van der Waals surface area (Å²) in [6.07, 6.45) is -0.338. The predicted octanol–water partition coefficient (Wildman–Crippen LogP) is -0.446. The van der Waals surface area contributed by atoms with Gasteiger partial charge in [0.2, 0.25) is 5.91 Å². The second-order valence-electron chi connectivity index (χ2n) is 7.10. The number of carbonyl (C=O) groups is 2. The number of primary amides is 1.